The van der Waals surface area contributed by atoms with Crippen LogP contribution in [-0.4, -0.2) is 22.9 Å². The zero-order chi connectivity index (χ0) is 14.7. The number of hydrogen-bond acceptors (Lipinski definition) is 4. The third-order valence-electron chi connectivity index (χ3n) is 2.32. The van der Waals surface area contributed by atoms with Gasteiger partial charge in [0.2, 0.25) is 10.0 Å². The van der Waals surface area contributed by atoms with Gasteiger partial charge in [-0.15, -0.1) is 6.42 Å². The Labute approximate surface area is 117 Å². The number of benzene rings is 1. The van der Waals surface area contributed by atoms with E-state index >= 15 is 0 Å². The highest BCUT2D eigenvalue weighted by Gasteiger charge is 2.18. The van der Waals surface area contributed by atoms with Crippen LogP contribution in [0, 0.1) is 12.3 Å². The molecule has 5 nitrogen and oxygen atoms in total. The van der Waals surface area contributed by atoms with E-state index in [2.05, 4.69) is 10.6 Å². The van der Waals surface area contributed by atoms with Crippen LogP contribution >= 0.6 is 10.7 Å². The van der Waals surface area contributed by atoms with Crippen LogP contribution in [0.25, 0.3) is 0 Å². The van der Waals surface area contributed by atoms with Gasteiger partial charge in [0.25, 0.3) is 9.05 Å². The third kappa shape index (κ3) is 4.21. The first-order valence-corrected chi connectivity index (χ1v) is 9.03. The molecule has 0 aromatic heterocycles. The summed E-state index contributed by atoms with van der Waals surface area (Å²) in [5.41, 5.74) is 0. The Kier molecular flexibility index (Phi) is 4.98. The molecule has 1 aromatic rings. The van der Waals surface area contributed by atoms with Gasteiger partial charge in [-0.2, -0.15) is 4.72 Å². The summed E-state index contributed by atoms with van der Waals surface area (Å²) in [7, 11) is -2.51. The third-order valence-corrected chi connectivity index (χ3v) is 5.18. The zero-order valence-corrected chi connectivity index (χ0v) is 12.4. The fourth-order valence-electron chi connectivity index (χ4n) is 1.27. The maximum atomic E-state index is 11.9. The molecule has 0 radical (unpaired) electrons. The SMILES string of the molecule is C#CC(CC)NS(=O)(=O)c1ccc(S(=O)(=O)Cl)cc1. The highest BCUT2D eigenvalue weighted by atomic mass is 35.7. The van der Waals surface area contributed by atoms with Gasteiger partial charge in [0, 0.05) is 10.7 Å². The second kappa shape index (κ2) is 5.92. The van der Waals surface area contributed by atoms with Crippen molar-refractivity contribution < 1.29 is 16.8 Å². The van der Waals surface area contributed by atoms with Crippen molar-refractivity contribution in [2.45, 2.75) is 29.2 Å². The molecule has 0 aliphatic carbocycles. The molecule has 1 aromatic carbocycles. The molecule has 0 heterocycles. The van der Waals surface area contributed by atoms with Crippen LogP contribution in [0.5, 0.6) is 0 Å². The smallest absolute Gasteiger partial charge is 0.207 e. The molecule has 19 heavy (non-hydrogen) atoms. The van der Waals surface area contributed by atoms with E-state index in [0.717, 1.165) is 24.3 Å². The Hall–Kier alpha value is -1.07. The van der Waals surface area contributed by atoms with Crippen LogP contribution in [0.15, 0.2) is 34.1 Å². The molecule has 0 aliphatic heterocycles. The van der Waals surface area contributed by atoms with Gasteiger partial charge in [0.05, 0.1) is 15.8 Å². The number of sulfonamides is 1. The van der Waals surface area contributed by atoms with Crippen molar-refractivity contribution >= 4 is 29.8 Å². The molecule has 104 valence electrons. The summed E-state index contributed by atoms with van der Waals surface area (Å²) in [5, 5.41) is 0. The van der Waals surface area contributed by atoms with Crippen LogP contribution in [0.3, 0.4) is 0 Å². The lowest BCUT2D eigenvalue weighted by Crippen LogP contribution is -2.33. The lowest BCUT2D eigenvalue weighted by Gasteiger charge is -2.11. The van der Waals surface area contributed by atoms with Gasteiger partial charge >= 0.3 is 0 Å². The minimum absolute atomic E-state index is 0.0785. The molecule has 1 unspecified atom stereocenters. The quantitative estimate of drug-likeness (QED) is 0.655. The van der Waals surface area contributed by atoms with E-state index in [1.165, 1.54) is 0 Å². The highest BCUT2D eigenvalue weighted by Crippen LogP contribution is 2.18. The second-order valence-corrected chi connectivity index (χ2v) is 7.94. The fraction of sp³-hybridized carbons (Fsp3) is 0.273. The van der Waals surface area contributed by atoms with Crippen LogP contribution in [-0.2, 0) is 19.1 Å². The summed E-state index contributed by atoms with van der Waals surface area (Å²) in [6.45, 7) is 1.75. The fourth-order valence-corrected chi connectivity index (χ4v) is 3.28. The van der Waals surface area contributed by atoms with Crippen molar-refractivity contribution in [3.8, 4) is 12.3 Å². The molecule has 0 aliphatic rings. The van der Waals surface area contributed by atoms with E-state index in [1.807, 2.05) is 0 Å². The highest BCUT2D eigenvalue weighted by molar-refractivity contribution is 8.13. The summed E-state index contributed by atoms with van der Waals surface area (Å²) in [5.74, 6) is 2.31. The molecule has 0 fully saturated rings. The maximum Gasteiger partial charge on any atom is 0.261 e. The van der Waals surface area contributed by atoms with Gasteiger partial charge in [-0.3, -0.25) is 0 Å². The summed E-state index contributed by atoms with van der Waals surface area (Å²) < 4.78 is 48.3. The van der Waals surface area contributed by atoms with E-state index in [9.17, 15) is 16.8 Å². The molecule has 0 saturated carbocycles. The average molecular weight is 322 g/mol. The van der Waals surface area contributed by atoms with Gasteiger partial charge in [-0.1, -0.05) is 12.8 Å². The summed E-state index contributed by atoms with van der Waals surface area (Å²) in [6.07, 6.45) is 5.62. The minimum atomic E-state index is -3.87. The molecule has 1 rings (SSSR count). The molecule has 8 heteroatoms. The second-order valence-electron chi connectivity index (χ2n) is 3.66. The van der Waals surface area contributed by atoms with Gasteiger partial charge in [-0.05, 0) is 30.7 Å². The Bertz CT molecular complexity index is 687. The lowest BCUT2D eigenvalue weighted by molar-refractivity contribution is 0.570. The molecule has 0 bridgehead atoms. The Morgan fingerprint density at radius 3 is 2.05 bits per heavy atom. The Morgan fingerprint density at radius 1 is 1.21 bits per heavy atom. The first-order chi connectivity index (χ1) is 8.70. The molecule has 1 N–H and O–H groups in total. The lowest BCUT2D eigenvalue weighted by atomic mass is 10.3. The van der Waals surface area contributed by atoms with Gasteiger partial charge in [0.15, 0.2) is 0 Å². The normalized spacial score (nSPS) is 13.7. The molecule has 0 amide bonds. The summed E-state index contributed by atoms with van der Waals surface area (Å²) in [6, 6.07) is 3.93. The number of nitrogens with one attached hydrogen (secondary N) is 1. The van der Waals surface area contributed by atoms with Gasteiger partial charge < -0.3 is 0 Å². The van der Waals surface area contributed by atoms with Gasteiger partial charge in [-0.25, -0.2) is 16.8 Å². The molecule has 1 atom stereocenters. The van der Waals surface area contributed by atoms with Crippen LogP contribution < -0.4 is 4.72 Å². The van der Waals surface area contributed by atoms with Crippen LogP contribution in [0.2, 0.25) is 0 Å². The Morgan fingerprint density at radius 2 is 1.68 bits per heavy atom. The van der Waals surface area contributed by atoms with Crippen molar-refractivity contribution in [2.24, 2.45) is 0 Å². The number of halogens is 1. The topological polar surface area (TPSA) is 80.3 Å². The van der Waals surface area contributed by atoms with Crippen molar-refractivity contribution in [3.63, 3.8) is 0 Å². The molecule has 0 spiro atoms. The first kappa shape index (κ1) is 16.0. The van der Waals surface area contributed by atoms with Crippen molar-refractivity contribution in [1.82, 2.24) is 4.72 Å². The predicted octanol–water partition coefficient (Wildman–Crippen LogP) is 1.30. The molecular formula is C11H12ClNO4S2. The summed E-state index contributed by atoms with van der Waals surface area (Å²) in [4.78, 5) is -0.248. The van der Waals surface area contributed by atoms with E-state index in [1.54, 1.807) is 6.92 Å². The van der Waals surface area contributed by atoms with E-state index in [0.29, 0.717) is 6.42 Å². The van der Waals surface area contributed by atoms with E-state index in [4.69, 9.17) is 17.1 Å². The Balaban J connectivity index is 3.08. The van der Waals surface area contributed by atoms with Crippen molar-refractivity contribution in [1.29, 1.82) is 0 Å². The first-order valence-electron chi connectivity index (χ1n) is 5.24. The minimum Gasteiger partial charge on any atom is -0.207 e. The van der Waals surface area contributed by atoms with Crippen LogP contribution in [0.1, 0.15) is 13.3 Å². The predicted molar refractivity (Wildman–Crippen MR) is 72.7 cm³/mol. The molecular weight excluding hydrogens is 310 g/mol. The number of terminal acetylenes is 1. The van der Waals surface area contributed by atoms with Crippen molar-refractivity contribution in [3.05, 3.63) is 24.3 Å². The monoisotopic (exact) mass is 321 g/mol. The number of rotatable bonds is 5. The maximum absolute atomic E-state index is 11.9. The summed E-state index contributed by atoms with van der Waals surface area (Å²) >= 11 is 0. The van der Waals surface area contributed by atoms with Crippen LogP contribution in [0.4, 0.5) is 0 Å². The zero-order valence-electron chi connectivity index (χ0n) is 10.00. The van der Waals surface area contributed by atoms with Gasteiger partial charge in [0.1, 0.15) is 0 Å². The number of hydrogen-bond donors (Lipinski definition) is 1. The molecule has 0 saturated heterocycles. The van der Waals surface area contributed by atoms with E-state index in [-0.39, 0.29) is 9.79 Å². The average Bonchev–Trinajstić information content (AvgIpc) is 2.35. The largest absolute Gasteiger partial charge is 0.261 e. The van der Waals surface area contributed by atoms with Crippen molar-refractivity contribution in [2.75, 3.05) is 0 Å². The van der Waals surface area contributed by atoms with E-state index < -0.39 is 25.1 Å². The standard InChI is InChI=1S/C11H12ClNO4S2/c1-3-9(4-2)13-19(16,17)11-7-5-10(6-8-11)18(12,14)15/h1,5-9,13H,4H2,2H3.